The van der Waals surface area contributed by atoms with Crippen molar-refractivity contribution in [2.45, 2.75) is 31.7 Å². The van der Waals surface area contributed by atoms with E-state index in [0.29, 0.717) is 17.5 Å². The number of carbonyl (C=O) groups excluding carboxylic acids is 1. The predicted molar refractivity (Wildman–Crippen MR) is 88.3 cm³/mol. The minimum atomic E-state index is -0.458. The second-order valence-corrected chi connectivity index (χ2v) is 5.72. The Morgan fingerprint density at radius 1 is 1.23 bits per heavy atom. The van der Waals surface area contributed by atoms with Crippen LogP contribution >= 0.6 is 24.8 Å². The highest BCUT2D eigenvalue weighted by Gasteiger charge is 2.30. The van der Waals surface area contributed by atoms with Crippen LogP contribution in [-0.2, 0) is 0 Å². The van der Waals surface area contributed by atoms with Crippen LogP contribution in [0.25, 0.3) is 0 Å². The van der Waals surface area contributed by atoms with E-state index in [-0.39, 0.29) is 30.7 Å². The number of carbonyl (C=O) groups is 1. The van der Waals surface area contributed by atoms with E-state index in [4.69, 9.17) is 0 Å². The molecule has 2 aliphatic rings. The number of likely N-dealkylation sites (tertiary alicyclic amines) is 1. The van der Waals surface area contributed by atoms with Crippen LogP contribution in [0.15, 0.2) is 18.5 Å². The molecule has 22 heavy (non-hydrogen) atoms. The van der Waals surface area contributed by atoms with Crippen LogP contribution in [0.5, 0.6) is 0 Å². The van der Waals surface area contributed by atoms with Crippen molar-refractivity contribution in [1.82, 2.24) is 15.2 Å². The molecule has 3 heterocycles. The number of pyridine rings is 1. The molecule has 0 radical (unpaired) electrons. The zero-order valence-corrected chi connectivity index (χ0v) is 14.0. The van der Waals surface area contributed by atoms with E-state index in [0.717, 1.165) is 38.7 Å². The number of aromatic nitrogens is 1. The SMILES string of the molecule is Cl.Cl.O=C(c1cncc(F)c1)N1CCC(C2CCCN2)CC1. The Hall–Kier alpha value is -0.910. The minimum absolute atomic E-state index is 0. The topological polar surface area (TPSA) is 45.2 Å². The molecule has 1 aromatic heterocycles. The summed E-state index contributed by atoms with van der Waals surface area (Å²) in [5, 5.41) is 3.55. The maximum Gasteiger partial charge on any atom is 0.255 e. The number of halogens is 3. The largest absolute Gasteiger partial charge is 0.339 e. The Labute approximate surface area is 142 Å². The molecule has 1 amide bonds. The lowest BCUT2D eigenvalue weighted by Gasteiger charge is -2.34. The van der Waals surface area contributed by atoms with E-state index in [9.17, 15) is 9.18 Å². The highest BCUT2D eigenvalue weighted by atomic mass is 35.5. The Morgan fingerprint density at radius 3 is 2.55 bits per heavy atom. The second kappa shape index (κ2) is 8.65. The number of hydrogen-bond donors (Lipinski definition) is 1. The molecule has 3 rings (SSSR count). The van der Waals surface area contributed by atoms with E-state index >= 15 is 0 Å². The maximum atomic E-state index is 13.1. The van der Waals surface area contributed by atoms with Crippen LogP contribution < -0.4 is 5.32 Å². The summed E-state index contributed by atoms with van der Waals surface area (Å²) >= 11 is 0. The first-order valence-electron chi connectivity index (χ1n) is 7.37. The smallest absolute Gasteiger partial charge is 0.255 e. The first-order valence-corrected chi connectivity index (χ1v) is 7.37. The molecule has 2 aliphatic heterocycles. The Morgan fingerprint density at radius 2 is 1.95 bits per heavy atom. The Balaban J connectivity index is 0.00000121. The van der Waals surface area contributed by atoms with Crippen molar-refractivity contribution in [2.75, 3.05) is 19.6 Å². The molecule has 0 spiro atoms. The Bertz CT molecular complexity index is 489. The van der Waals surface area contributed by atoms with Crippen molar-refractivity contribution >= 4 is 30.7 Å². The first kappa shape index (κ1) is 19.1. The fraction of sp³-hybridized carbons (Fsp3) is 0.600. The van der Waals surface area contributed by atoms with Gasteiger partial charge < -0.3 is 10.2 Å². The normalized spacial score (nSPS) is 21.9. The second-order valence-electron chi connectivity index (χ2n) is 5.72. The fourth-order valence-corrected chi connectivity index (χ4v) is 3.33. The number of rotatable bonds is 2. The maximum absolute atomic E-state index is 13.1. The number of nitrogens with zero attached hydrogens (tertiary/aromatic N) is 2. The summed E-state index contributed by atoms with van der Waals surface area (Å²) in [6.07, 6.45) is 7.15. The zero-order chi connectivity index (χ0) is 13.9. The van der Waals surface area contributed by atoms with Crippen molar-refractivity contribution < 1.29 is 9.18 Å². The number of nitrogens with one attached hydrogen (secondary N) is 1. The molecule has 1 atom stereocenters. The summed E-state index contributed by atoms with van der Waals surface area (Å²) in [4.78, 5) is 17.9. The van der Waals surface area contributed by atoms with E-state index in [1.54, 1.807) is 0 Å². The molecule has 7 heteroatoms. The molecule has 0 bridgehead atoms. The third kappa shape index (κ3) is 4.31. The van der Waals surface area contributed by atoms with Crippen LogP contribution in [0.1, 0.15) is 36.0 Å². The quantitative estimate of drug-likeness (QED) is 0.892. The van der Waals surface area contributed by atoms with Gasteiger partial charge in [0.25, 0.3) is 5.91 Å². The molecule has 124 valence electrons. The summed E-state index contributed by atoms with van der Waals surface area (Å²) in [5.74, 6) is 0.114. The van der Waals surface area contributed by atoms with Gasteiger partial charge in [-0.25, -0.2) is 4.39 Å². The third-order valence-corrected chi connectivity index (χ3v) is 4.45. The number of amides is 1. The van der Waals surface area contributed by atoms with Crippen molar-refractivity contribution in [3.05, 3.63) is 29.8 Å². The van der Waals surface area contributed by atoms with Crippen LogP contribution in [0.2, 0.25) is 0 Å². The van der Waals surface area contributed by atoms with E-state index in [2.05, 4.69) is 10.3 Å². The van der Waals surface area contributed by atoms with Gasteiger partial charge >= 0.3 is 0 Å². The van der Waals surface area contributed by atoms with Gasteiger partial charge in [-0.05, 0) is 44.2 Å². The Kier molecular flexibility index (Phi) is 7.53. The summed E-state index contributed by atoms with van der Waals surface area (Å²) < 4.78 is 13.1. The van der Waals surface area contributed by atoms with E-state index < -0.39 is 5.82 Å². The highest BCUT2D eigenvalue weighted by molar-refractivity contribution is 5.93. The van der Waals surface area contributed by atoms with Gasteiger partial charge in [0, 0.05) is 25.3 Å². The van der Waals surface area contributed by atoms with Crippen LogP contribution in [0.4, 0.5) is 4.39 Å². The summed E-state index contributed by atoms with van der Waals surface area (Å²) in [5.41, 5.74) is 0.349. The van der Waals surface area contributed by atoms with Gasteiger partial charge in [0.05, 0.1) is 11.8 Å². The first-order chi connectivity index (χ1) is 9.74. The average molecular weight is 350 g/mol. The summed E-state index contributed by atoms with van der Waals surface area (Å²) in [6.45, 7) is 2.65. The van der Waals surface area contributed by atoms with Gasteiger partial charge in [0.15, 0.2) is 0 Å². The molecule has 1 unspecified atom stereocenters. The standard InChI is InChI=1S/C15H20FN3O.2ClH/c16-13-8-12(9-17-10-13)15(20)19-6-3-11(4-7-19)14-2-1-5-18-14;;/h8-11,14,18H,1-7H2;2*1H. The van der Waals surface area contributed by atoms with Gasteiger partial charge in [-0.2, -0.15) is 0 Å². The fourth-order valence-electron chi connectivity index (χ4n) is 3.33. The molecule has 1 aromatic rings. The molecule has 0 aromatic carbocycles. The summed E-state index contributed by atoms with van der Waals surface area (Å²) in [6, 6.07) is 1.89. The van der Waals surface area contributed by atoms with E-state index in [1.165, 1.54) is 25.1 Å². The molecule has 2 saturated heterocycles. The van der Waals surface area contributed by atoms with Crippen molar-refractivity contribution in [2.24, 2.45) is 5.92 Å². The molecule has 1 N–H and O–H groups in total. The molecular weight excluding hydrogens is 328 g/mol. The van der Waals surface area contributed by atoms with Gasteiger partial charge in [0.2, 0.25) is 0 Å². The monoisotopic (exact) mass is 349 g/mol. The number of hydrogen-bond acceptors (Lipinski definition) is 3. The lowest BCUT2D eigenvalue weighted by atomic mass is 9.88. The highest BCUT2D eigenvalue weighted by Crippen LogP contribution is 2.26. The average Bonchev–Trinajstić information content (AvgIpc) is 3.01. The molecule has 2 fully saturated rings. The molecule has 0 saturated carbocycles. The van der Waals surface area contributed by atoms with Gasteiger partial charge in [-0.3, -0.25) is 9.78 Å². The van der Waals surface area contributed by atoms with E-state index in [1.807, 2.05) is 4.90 Å². The van der Waals surface area contributed by atoms with Gasteiger partial charge in [-0.1, -0.05) is 0 Å². The summed E-state index contributed by atoms with van der Waals surface area (Å²) in [7, 11) is 0. The van der Waals surface area contributed by atoms with Crippen molar-refractivity contribution in [1.29, 1.82) is 0 Å². The third-order valence-electron chi connectivity index (χ3n) is 4.45. The minimum Gasteiger partial charge on any atom is -0.339 e. The van der Waals surface area contributed by atoms with Crippen molar-refractivity contribution in [3.8, 4) is 0 Å². The van der Waals surface area contributed by atoms with Gasteiger partial charge in [0.1, 0.15) is 5.82 Å². The lowest BCUT2D eigenvalue weighted by molar-refractivity contribution is 0.0673. The molecule has 4 nitrogen and oxygen atoms in total. The van der Waals surface area contributed by atoms with Crippen LogP contribution in [-0.4, -0.2) is 41.5 Å². The van der Waals surface area contributed by atoms with Crippen LogP contribution in [0.3, 0.4) is 0 Å². The number of piperidine rings is 1. The molecular formula is C15H22Cl2FN3O. The van der Waals surface area contributed by atoms with Crippen LogP contribution in [0, 0.1) is 11.7 Å². The molecule has 0 aliphatic carbocycles. The van der Waals surface area contributed by atoms with Crippen molar-refractivity contribution in [3.63, 3.8) is 0 Å². The zero-order valence-electron chi connectivity index (χ0n) is 12.3. The predicted octanol–water partition coefficient (Wildman–Crippen LogP) is 2.67. The lowest BCUT2D eigenvalue weighted by Crippen LogP contribution is -2.43. The van der Waals surface area contributed by atoms with Gasteiger partial charge in [-0.15, -0.1) is 24.8 Å².